The minimum atomic E-state index is -0.128. The van der Waals surface area contributed by atoms with Crippen LogP contribution in [0.3, 0.4) is 0 Å². The van der Waals surface area contributed by atoms with Crippen LogP contribution in [0.4, 0.5) is 0 Å². The number of carbonyl (C=O) groups is 2. The number of nitrogens with zero attached hydrogens (tertiary/aromatic N) is 3. The molecule has 4 rings (SSSR count). The summed E-state index contributed by atoms with van der Waals surface area (Å²) in [4.78, 5) is 34.1. The summed E-state index contributed by atoms with van der Waals surface area (Å²) in [5, 5.41) is 6.12. The van der Waals surface area contributed by atoms with E-state index in [-0.39, 0.29) is 23.3 Å². The summed E-state index contributed by atoms with van der Waals surface area (Å²) in [6, 6.07) is 0.542. The van der Waals surface area contributed by atoms with Gasteiger partial charge in [-0.2, -0.15) is 0 Å². The Bertz CT molecular complexity index is 725. The van der Waals surface area contributed by atoms with Crippen LogP contribution in [0.15, 0.2) is 5.38 Å². The van der Waals surface area contributed by atoms with Gasteiger partial charge in [-0.25, -0.2) is 4.98 Å². The number of hydrogen-bond acceptors (Lipinski definition) is 5. The largest absolute Gasteiger partial charge is 0.350 e. The molecule has 148 valence electrons. The van der Waals surface area contributed by atoms with Crippen LogP contribution in [-0.4, -0.2) is 64.4 Å². The van der Waals surface area contributed by atoms with Crippen molar-refractivity contribution in [1.82, 2.24) is 20.1 Å². The normalized spacial score (nSPS) is 28.4. The first-order valence-corrected chi connectivity index (χ1v) is 11.1. The van der Waals surface area contributed by atoms with Crippen molar-refractivity contribution in [3.63, 3.8) is 0 Å². The molecule has 0 radical (unpaired) electrons. The maximum atomic E-state index is 12.7. The van der Waals surface area contributed by atoms with Gasteiger partial charge in [-0.1, -0.05) is 13.3 Å². The van der Waals surface area contributed by atoms with Crippen molar-refractivity contribution in [2.24, 2.45) is 11.8 Å². The molecule has 1 N–H and O–H groups in total. The molecule has 0 bridgehead atoms. The van der Waals surface area contributed by atoms with Crippen molar-refractivity contribution in [1.29, 1.82) is 0 Å². The van der Waals surface area contributed by atoms with Gasteiger partial charge in [0.15, 0.2) is 0 Å². The lowest BCUT2D eigenvalue weighted by atomic mass is 9.75. The minimum Gasteiger partial charge on any atom is -0.350 e. The van der Waals surface area contributed by atoms with Gasteiger partial charge in [0.25, 0.3) is 5.91 Å². The number of aromatic nitrogens is 1. The highest BCUT2D eigenvalue weighted by Gasteiger charge is 2.57. The molecule has 2 amide bonds. The number of rotatable bonds is 4. The lowest BCUT2D eigenvalue weighted by molar-refractivity contribution is -0.123. The monoisotopic (exact) mass is 390 g/mol. The Morgan fingerprint density at radius 2 is 2.15 bits per heavy atom. The smallest absolute Gasteiger partial charge is 0.273 e. The van der Waals surface area contributed by atoms with E-state index in [4.69, 9.17) is 0 Å². The Hall–Kier alpha value is -1.47. The number of fused-ring (bicyclic) bond motifs is 2. The van der Waals surface area contributed by atoms with Gasteiger partial charge in [-0.15, -0.1) is 11.3 Å². The van der Waals surface area contributed by atoms with E-state index in [0.717, 1.165) is 30.9 Å². The summed E-state index contributed by atoms with van der Waals surface area (Å²) < 4.78 is 0. The van der Waals surface area contributed by atoms with Crippen LogP contribution >= 0.6 is 11.3 Å². The molecule has 3 aliphatic heterocycles. The van der Waals surface area contributed by atoms with E-state index in [0.29, 0.717) is 30.7 Å². The third kappa shape index (κ3) is 3.29. The Morgan fingerprint density at radius 3 is 2.78 bits per heavy atom. The Labute approximate surface area is 165 Å². The molecule has 3 atom stereocenters. The molecule has 27 heavy (non-hydrogen) atoms. The summed E-state index contributed by atoms with van der Waals surface area (Å²) in [6.45, 7) is 9.72. The predicted molar refractivity (Wildman–Crippen MR) is 106 cm³/mol. The van der Waals surface area contributed by atoms with Crippen LogP contribution in [0.5, 0.6) is 0 Å². The van der Waals surface area contributed by atoms with Crippen molar-refractivity contribution in [2.45, 2.75) is 58.0 Å². The molecule has 1 spiro atoms. The van der Waals surface area contributed by atoms with Crippen LogP contribution in [0.25, 0.3) is 0 Å². The number of carbonyl (C=O) groups excluding carboxylic acids is 2. The van der Waals surface area contributed by atoms with E-state index in [2.05, 4.69) is 29.0 Å². The average molecular weight is 391 g/mol. The molecule has 6 nitrogen and oxygen atoms in total. The second-order valence-electron chi connectivity index (χ2n) is 8.49. The highest BCUT2D eigenvalue weighted by atomic mass is 32.1. The lowest BCUT2D eigenvalue weighted by Gasteiger charge is -2.43. The molecule has 1 aromatic heterocycles. The quantitative estimate of drug-likeness (QED) is 0.857. The first-order chi connectivity index (χ1) is 12.9. The van der Waals surface area contributed by atoms with Crippen molar-refractivity contribution in [3.8, 4) is 0 Å². The van der Waals surface area contributed by atoms with Crippen LogP contribution in [0.1, 0.15) is 55.0 Å². The first kappa shape index (κ1) is 18.9. The third-order valence-electron chi connectivity index (χ3n) is 6.88. The fraction of sp³-hybridized carbons (Fsp3) is 0.750. The number of aryl methyl sites for hydroxylation is 1. The fourth-order valence-electron chi connectivity index (χ4n) is 5.28. The zero-order chi connectivity index (χ0) is 19.2. The van der Waals surface area contributed by atoms with Gasteiger partial charge >= 0.3 is 0 Å². The summed E-state index contributed by atoms with van der Waals surface area (Å²) in [7, 11) is 0. The minimum absolute atomic E-state index is 0.0275. The zero-order valence-electron chi connectivity index (χ0n) is 16.5. The third-order valence-corrected chi connectivity index (χ3v) is 7.65. The SMILES string of the molecule is CCCC(C)N1C[C@H]2C(=O)NC3(CCN(C(=O)c4csc(C)n4)CC3)[C@H]2C1. The number of amides is 2. The fourth-order valence-corrected chi connectivity index (χ4v) is 5.87. The summed E-state index contributed by atoms with van der Waals surface area (Å²) >= 11 is 1.51. The second-order valence-corrected chi connectivity index (χ2v) is 9.56. The molecule has 0 aliphatic carbocycles. The van der Waals surface area contributed by atoms with Crippen molar-refractivity contribution in [2.75, 3.05) is 26.2 Å². The van der Waals surface area contributed by atoms with E-state index >= 15 is 0 Å². The van der Waals surface area contributed by atoms with E-state index in [1.807, 2.05) is 17.2 Å². The van der Waals surface area contributed by atoms with Crippen LogP contribution < -0.4 is 5.32 Å². The van der Waals surface area contributed by atoms with Gasteiger partial charge in [0.1, 0.15) is 5.69 Å². The van der Waals surface area contributed by atoms with Gasteiger partial charge in [0, 0.05) is 49.1 Å². The molecule has 7 heteroatoms. The summed E-state index contributed by atoms with van der Waals surface area (Å²) in [5.74, 6) is 0.747. The van der Waals surface area contributed by atoms with Gasteiger partial charge in [-0.3, -0.25) is 14.5 Å². The first-order valence-electron chi connectivity index (χ1n) is 10.2. The van der Waals surface area contributed by atoms with Crippen LogP contribution in [0.2, 0.25) is 0 Å². The highest BCUT2D eigenvalue weighted by Crippen LogP contribution is 2.44. The molecular formula is C20H30N4O2S. The van der Waals surface area contributed by atoms with E-state index in [1.54, 1.807) is 0 Å². The van der Waals surface area contributed by atoms with E-state index in [1.165, 1.54) is 24.2 Å². The molecule has 3 aliphatic rings. The molecule has 3 saturated heterocycles. The van der Waals surface area contributed by atoms with Gasteiger partial charge in [0.2, 0.25) is 5.91 Å². The van der Waals surface area contributed by atoms with Gasteiger partial charge < -0.3 is 10.2 Å². The topological polar surface area (TPSA) is 65.5 Å². The standard InChI is InChI=1S/C20H30N4O2S/c1-4-5-13(2)24-10-15-16(11-24)20(22-18(15)25)6-8-23(9-7-20)19(26)17-12-27-14(3)21-17/h12-13,15-16H,4-11H2,1-3H3,(H,22,25)/t13?,15-,16+/m1/s1. The van der Waals surface area contributed by atoms with E-state index in [9.17, 15) is 9.59 Å². The maximum absolute atomic E-state index is 12.7. The van der Waals surface area contributed by atoms with Crippen molar-refractivity contribution < 1.29 is 9.59 Å². The van der Waals surface area contributed by atoms with Crippen LogP contribution in [-0.2, 0) is 4.79 Å². The number of nitrogens with one attached hydrogen (secondary N) is 1. The summed E-state index contributed by atoms with van der Waals surface area (Å²) in [5.41, 5.74) is 0.430. The number of thiazole rings is 1. The molecule has 1 aromatic rings. The number of piperidine rings is 1. The highest BCUT2D eigenvalue weighted by molar-refractivity contribution is 7.09. The van der Waals surface area contributed by atoms with Crippen LogP contribution in [0, 0.1) is 18.8 Å². The van der Waals surface area contributed by atoms with Gasteiger partial charge in [0.05, 0.1) is 10.9 Å². The van der Waals surface area contributed by atoms with Gasteiger partial charge in [-0.05, 0) is 33.1 Å². The number of hydrogen-bond donors (Lipinski definition) is 1. The summed E-state index contributed by atoms with van der Waals surface area (Å²) in [6.07, 6.45) is 4.07. The molecule has 4 heterocycles. The van der Waals surface area contributed by atoms with E-state index < -0.39 is 0 Å². The Kier molecular flexibility index (Phi) is 5.01. The average Bonchev–Trinajstić information content (AvgIpc) is 3.33. The van der Waals surface area contributed by atoms with Crippen molar-refractivity contribution in [3.05, 3.63) is 16.1 Å². The zero-order valence-corrected chi connectivity index (χ0v) is 17.3. The molecule has 0 aromatic carbocycles. The Morgan fingerprint density at radius 1 is 1.41 bits per heavy atom. The maximum Gasteiger partial charge on any atom is 0.273 e. The number of likely N-dealkylation sites (tertiary alicyclic amines) is 2. The molecule has 3 fully saturated rings. The molecule has 1 unspecified atom stereocenters. The molecular weight excluding hydrogens is 360 g/mol. The molecule has 0 saturated carbocycles. The Balaban J connectivity index is 1.43. The van der Waals surface area contributed by atoms with Crippen molar-refractivity contribution >= 4 is 23.2 Å². The lowest BCUT2D eigenvalue weighted by Crippen LogP contribution is -2.56. The predicted octanol–water partition coefficient (Wildman–Crippen LogP) is 2.29. The second kappa shape index (κ2) is 7.17.